The zero-order valence-corrected chi connectivity index (χ0v) is 22.9. The number of carbonyl (C=O) groups excluding carboxylic acids is 1. The van der Waals surface area contributed by atoms with Crippen molar-refractivity contribution in [3.8, 4) is 6.07 Å². The van der Waals surface area contributed by atoms with Crippen molar-refractivity contribution in [2.75, 3.05) is 18.2 Å². The number of nitriles is 1. The van der Waals surface area contributed by atoms with Gasteiger partial charge in [0.1, 0.15) is 6.73 Å². The number of H-pyrrole nitrogens is 2. The Morgan fingerprint density at radius 2 is 2.00 bits per heavy atom. The number of amides is 1. The number of nitrogens with zero attached hydrogens (tertiary/aromatic N) is 4. The molecule has 2 heterocycles. The Bertz CT molecular complexity index is 1240. The van der Waals surface area contributed by atoms with Crippen LogP contribution in [-0.4, -0.2) is 47.7 Å². The first-order chi connectivity index (χ1) is 17.1. The monoisotopic (exact) mass is 504 g/mol. The smallest absolute Gasteiger partial charge is 0.281 e. The van der Waals surface area contributed by atoms with Crippen molar-refractivity contribution in [1.29, 1.82) is 5.26 Å². The maximum atomic E-state index is 14.0. The fraction of sp³-hybridized carbons (Fsp3) is 0.481. The molecule has 1 atom stereocenters. The second-order valence-corrected chi connectivity index (χ2v) is 17.2. The topological polar surface area (TPSA) is 111 Å². The average Bonchev–Trinajstić information content (AvgIpc) is 3.44. The molecule has 0 saturated carbocycles. The van der Waals surface area contributed by atoms with E-state index in [4.69, 9.17) is 4.74 Å². The number of hydrogen-bond acceptors (Lipinski definition) is 5. The summed E-state index contributed by atoms with van der Waals surface area (Å²) in [6, 6.07) is 13.5. The van der Waals surface area contributed by atoms with Gasteiger partial charge in [-0.3, -0.25) is 19.9 Å². The molecule has 0 aliphatic heterocycles. The third-order valence-corrected chi connectivity index (χ3v) is 8.67. The summed E-state index contributed by atoms with van der Waals surface area (Å²) in [4.78, 5) is 15.6. The van der Waals surface area contributed by atoms with Crippen LogP contribution in [0.3, 0.4) is 0 Å². The Hall–Kier alpha value is -3.22. The summed E-state index contributed by atoms with van der Waals surface area (Å²) in [5.74, 6) is -0.425. The molecule has 1 aromatic carbocycles. The second-order valence-electron chi connectivity index (χ2n) is 11.6. The standard InChI is InChI=1S/C27H36N6O2Si/c1-27(2)15-23-21(14-20(27)16-28)25(32-31-23)26(34)33(18-35-11-12-36(3,4)5)24-17-29-30-22(24)13-19-9-7-6-8-10-19/h6-10,17,20H,11-15,18H2,1-5H3,(H,29,30)(H,31,32). The highest BCUT2D eigenvalue weighted by Crippen LogP contribution is 2.40. The zero-order valence-electron chi connectivity index (χ0n) is 21.9. The Labute approximate surface area is 214 Å². The largest absolute Gasteiger partial charge is 0.361 e. The number of rotatable bonds is 9. The van der Waals surface area contributed by atoms with E-state index in [1.54, 1.807) is 11.1 Å². The summed E-state index contributed by atoms with van der Waals surface area (Å²) >= 11 is 0. The lowest BCUT2D eigenvalue weighted by Crippen LogP contribution is -2.37. The molecule has 1 aliphatic carbocycles. The van der Waals surface area contributed by atoms with E-state index in [1.807, 2.05) is 18.2 Å². The molecule has 1 amide bonds. The minimum absolute atomic E-state index is 0.111. The van der Waals surface area contributed by atoms with Crippen LogP contribution in [0.2, 0.25) is 25.7 Å². The van der Waals surface area contributed by atoms with E-state index < -0.39 is 8.07 Å². The maximum absolute atomic E-state index is 14.0. The molecule has 1 aliphatic rings. The molecule has 0 bridgehead atoms. The zero-order chi connectivity index (χ0) is 25.9. The molecule has 0 fully saturated rings. The Morgan fingerprint density at radius 1 is 1.25 bits per heavy atom. The van der Waals surface area contributed by atoms with E-state index >= 15 is 0 Å². The van der Waals surface area contributed by atoms with Crippen molar-refractivity contribution in [1.82, 2.24) is 20.4 Å². The van der Waals surface area contributed by atoms with Crippen molar-refractivity contribution in [2.24, 2.45) is 11.3 Å². The molecule has 36 heavy (non-hydrogen) atoms. The van der Waals surface area contributed by atoms with Crippen molar-refractivity contribution in [2.45, 2.75) is 58.8 Å². The third kappa shape index (κ3) is 5.77. The molecule has 9 heteroatoms. The minimum atomic E-state index is -1.28. The van der Waals surface area contributed by atoms with Crippen LogP contribution in [0, 0.1) is 22.7 Å². The molecule has 190 valence electrons. The lowest BCUT2D eigenvalue weighted by Gasteiger charge is -2.34. The van der Waals surface area contributed by atoms with Gasteiger partial charge in [0.25, 0.3) is 5.91 Å². The first-order valence-electron chi connectivity index (χ1n) is 12.5. The van der Waals surface area contributed by atoms with Gasteiger partial charge in [0.15, 0.2) is 5.69 Å². The Kier molecular flexibility index (Phi) is 7.48. The van der Waals surface area contributed by atoms with Crippen LogP contribution in [0.15, 0.2) is 36.5 Å². The van der Waals surface area contributed by atoms with Crippen molar-refractivity contribution in [3.05, 3.63) is 64.7 Å². The molecular weight excluding hydrogens is 468 g/mol. The number of anilines is 1. The average molecular weight is 505 g/mol. The van der Waals surface area contributed by atoms with Crippen molar-refractivity contribution < 1.29 is 9.53 Å². The fourth-order valence-electron chi connectivity index (χ4n) is 4.59. The molecule has 8 nitrogen and oxygen atoms in total. The highest BCUT2D eigenvalue weighted by molar-refractivity contribution is 6.76. The lowest BCUT2D eigenvalue weighted by atomic mass is 9.68. The molecule has 4 rings (SSSR count). The number of fused-ring (bicyclic) bond motifs is 1. The van der Waals surface area contributed by atoms with Gasteiger partial charge in [-0.05, 0) is 29.9 Å². The van der Waals surface area contributed by atoms with E-state index in [1.165, 1.54) is 0 Å². The molecule has 0 spiro atoms. The van der Waals surface area contributed by atoms with Crippen LogP contribution < -0.4 is 4.90 Å². The molecule has 2 N–H and O–H groups in total. The highest BCUT2D eigenvalue weighted by Gasteiger charge is 2.39. The Balaban J connectivity index is 1.64. The number of hydrogen-bond donors (Lipinski definition) is 2. The molecular formula is C27H36N6O2Si. The van der Waals surface area contributed by atoms with Gasteiger partial charge in [0, 0.05) is 32.4 Å². The molecule has 2 aromatic heterocycles. The van der Waals surface area contributed by atoms with Crippen LogP contribution in [0.4, 0.5) is 5.69 Å². The van der Waals surface area contributed by atoms with Gasteiger partial charge in [0.2, 0.25) is 0 Å². The summed E-state index contributed by atoms with van der Waals surface area (Å²) in [5, 5.41) is 24.6. The van der Waals surface area contributed by atoms with Gasteiger partial charge in [-0.15, -0.1) is 0 Å². The van der Waals surface area contributed by atoms with Gasteiger partial charge in [-0.1, -0.05) is 63.8 Å². The normalized spacial score (nSPS) is 16.8. The number of aromatic nitrogens is 4. The van der Waals surface area contributed by atoms with Crippen molar-refractivity contribution in [3.63, 3.8) is 0 Å². The van der Waals surface area contributed by atoms with Crippen LogP contribution in [0.25, 0.3) is 0 Å². The number of benzene rings is 1. The molecule has 0 radical (unpaired) electrons. The quantitative estimate of drug-likeness (QED) is 0.243. The van der Waals surface area contributed by atoms with E-state index in [-0.39, 0.29) is 24.0 Å². The van der Waals surface area contributed by atoms with Crippen LogP contribution in [-0.2, 0) is 24.0 Å². The first kappa shape index (κ1) is 25.9. The van der Waals surface area contributed by atoms with Gasteiger partial charge in [-0.25, -0.2) is 0 Å². The summed E-state index contributed by atoms with van der Waals surface area (Å²) < 4.78 is 6.05. The number of nitrogens with one attached hydrogen (secondary N) is 2. The van der Waals surface area contributed by atoms with E-state index in [2.05, 4.69) is 72.1 Å². The van der Waals surface area contributed by atoms with Gasteiger partial charge >= 0.3 is 0 Å². The highest BCUT2D eigenvalue weighted by atomic mass is 28.3. The van der Waals surface area contributed by atoms with Gasteiger partial charge in [-0.2, -0.15) is 15.5 Å². The molecule has 3 aromatic rings. The third-order valence-electron chi connectivity index (χ3n) is 6.97. The van der Waals surface area contributed by atoms with Gasteiger partial charge < -0.3 is 4.74 Å². The van der Waals surface area contributed by atoms with Crippen LogP contribution >= 0.6 is 0 Å². The predicted octanol–water partition coefficient (Wildman–Crippen LogP) is 4.95. The maximum Gasteiger partial charge on any atom is 0.281 e. The van der Waals surface area contributed by atoms with E-state index in [9.17, 15) is 10.1 Å². The lowest BCUT2D eigenvalue weighted by molar-refractivity contribution is 0.0893. The summed E-state index contributed by atoms with van der Waals surface area (Å²) in [7, 11) is -1.28. The predicted molar refractivity (Wildman–Crippen MR) is 142 cm³/mol. The Morgan fingerprint density at radius 3 is 2.69 bits per heavy atom. The number of carbonyl (C=O) groups is 1. The van der Waals surface area contributed by atoms with Crippen LogP contribution in [0.1, 0.15) is 46.9 Å². The van der Waals surface area contributed by atoms with Crippen LogP contribution in [0.5, 0.6) is 0 Å². The van der Waals surface area contributed by atoms with E-state index in [0.29, 0.717) is 37.3 Å². The second kappa shape index (κ2) is 10.4. The van der Waals surface area contributed by atoms with Crippen molar-refractivity contribution >= 4 is 19.7 Å². The van der Waals surface area contributed by atoms with E-state index in [0.717, 1.165) is 28.6 Å². The minimum Gasteiger partial charge on any atom is -0.361 e. The number of aromatic amines is 2. The SMILES string of the molecule is CC1(C)Cc2[nH]nc(C(=O)N(COCC[Si](C)(C)C)c3cn[nH]c3Cc3ccccc3)c2CC1C#N. The summed E-state index contributed by atoms with van der Waals surface area (Å²) in [6.07, 6.45) is 3.47. The molecule has 1 unspecified atom stereocenters. The molecule has 0 saturated heterocycles. The first-order valence-corrected chi connectivity index (χ1v) is 16.2. The number of ether oxygens (including phenoxy) is 1. The summed E-state index contributed by atoms with van der Waals surface area (Å²) in [5.41, 5.74) is 4.59. The fourth-order valence-corrected chi connectivity index (χ4v) is 5.35. The van der Waals surface area contributed by atoms with Gasteiger partial charge in [0.05, 0.1) is 29.6 Å². The summed E-state index contributed by atoms with van der Waals surface area (Å²) in [6.45, 7) is 11.8.